The van der Waals surface area contributed by atoms with E-state index in [9.17, 15) is 40.5 Å². The molecule has 0 N–H and O–H groups in total. The van der Waals surface area contributed by atoms with Gasteiger partial charge in [-0.05, 0) is 93.0 Å². The molecule has 20 nitrogen and oxygen atoms in total. The zero-order chi connectivity index (χ0) is 58.6. The molecular formula is C64H48Cl4N12O8. The van der Waals surface area contributed by atoms with Crippen LogP contribution in [0.2, 0.25) is 0 Å². The number of hydrogen-bond donors (Lipinski definition) is 0. The van der Waals surface area contributed by atoms with Crippen molar-refractivity contribution in [1.29, 1.82) is 0 Å². The molecule has 0 fully saturated rings. The van der Waals surface area contributed by atoms with Gasteiger partial charge in [0.1, 0.15) is 12.1 Å². The third-order valence-corrected chi connectivity index (χ3v) is 12.8. The Hall–Kier alpha value is -11.2. The van der Waals surface area contributed by atoms with Crippen molar-refractivity contribution in [2.45, 2.75) is 0 Å². The average molecular weight is 1250 g/mol. The van der Waals surface area contributed by atoms with Gasteiger partial charge in [0, 0.05) is 147 Å². The van der Waals surface area contributed by atoms with E-state index < -0.39 is 19.7 Å². The first kappa shape index (κ1) is 67.6. The molecule has 0 amide bonds. The zero-order valence-corrected chi connectivity index (χ0v) is 48.9. The van der Waals surface area contributed by atoms with Crippen molar-refractivity contribution in [1.82, 2.24) is 19.9 Å². The number of aromatic nitrogens is 8. The van der Waals surface area contributed by atoms with Gasteiger partial charge in [-0.1, -0.05) is 36.4 Å². The average Bonchev–Trinajstić information content (AvgIpc) is 1.86. The molecule has 0 aliphatic carbocycles. The maximum absolute atomic E-state index is 11.2. The predicted octanol–water partition coefficient (Wildman–Crippen LogP) is -0.250. The molecule has 0 saturated heterocycles. The number of nitro groups is 4. The number of halogens is 4. The van der Waals surface area contributed by atoms with Crippen molar-refractivity contribution in [2.75, 3.05) is 0 Å². The van der Waals surface area contributed by atoms with Crippen LogP contribution in [-0.4, -0.2) is 39.6 Å². The molecule has 0 aliphatic rings. The van der Waals surface area contributed by atoms with Crippen molar-refractivity contribution >= 4 is 22.7 Å². The molecule has 12 aromatic rings. The third-order valence-electron chi connectivity index (χ3n) is 12.8. The van der Waals surface area contributed by atoms with Crippen LogP contribution in [-0.2, 0) is 0 Å². The summed E-state index contributed by atoms with van der Waals surface area (Å²) in [6.45, 7) is 0. The first-order chi connectivity index (χ1) is 41.0. The Morgan fingerprint density at radius 3 is 0.716 bits per heavy atom. The fraction of sp³-hybridized carbons (Fsp3) is 0. The minimum Gasteiger partial charge on any atom is -1.00 e. The minimum atomic E-state index is -0.659. The van der Waals surface area contributed by atoms with Crippen molar-refractivity contribution in [2.24, 2.45) is 0 Å². The molecule has 24 heteroatoms. The molecular weight excluding hydrogens is 1210 g/mol. The Kier molecular flexibility index (Phi) is 25.6. The molecule has 0 radical (unpaired) electrons. The number of benzene rings is 4. The van der Waals surface area contributed by atoms with Gasteiger partial charge in [0.25, 0.3) is 22.7 Å². The van der Waals surface area contributed by atoms with Crippen LogP contribution >= 0.6 is 0 Å². The molecule has 0 unspecified atom stereocenters. The Balaban J connectivity index is 0.000000212. The Labute approximate surface area is 528 Å². The summed E-state index contributed by atoms with van der Waals surface area (Å²) in [5.74, 6) is 0. The molecule has 12 rings (SSSR count). The zero-order valence-electron chi connectivity index (χ0n) is 45.9. The minimum absolute atomic E-state index is 0. The van der Waals surface area contributed by atoms with Gasteiger partial charge in [0.2, 0.25) is 11.4 Å². The Morgan fingerprint density at radius 2 is 0.489 bits per heavy atom. The summed E-state index contributed by atoms with van der Waals surface area (Å²) < 4.78 is 7.30. The first-order valence-electron chi connectivity index (χ1n) is 25.6. The van der Waals surface area contributed by atoms with Gasteiger partial charge in [0.15, 0.2) is 49.6 Å². The van der Waals surface area contributed by atoms with E-state index in [-0.39, 0.29) is 83.8 Å². The number of non-ortho nitro benzene ring substituents is 2. The SMILES string of the molecule is O=[N+]([O-])c1ccc(-[n+]2ccc(-c3ccncc3)cc2)c([N+](=O)[O-])c1.O=[N+]([O-])c1ccc(-[n+]2ccc(-c3ccncc3)cc2)c([N+](=O)[O-])c1.[Cl-].[Cl-].[Cl-].[Cl-].c1ccc(-[n+]2ccc(-c3ccncc3)cc2)cc1.c1ccc(-[n+]2ccc(-c3ccncc3)cc2)cc1. The summed E-state index contributed by atoms with van der Waals surface area (Å²) in [5.41, 5.74) is 10.1. The van der Waals surface area contributed by atoms with Crippen LogP contribution in [0, 0.1) is 40.5 Å². The van der Waals surface area contributed by atoms with Crippen molar-refractivity contribution < 1.29 is 87.6 Å². The van der Waals surface area contributed by atoms with Crippen LogP contribution in [0.4, 0.5) is 22.7 Å². The van der Waals surface area contributed by atoms with Crippen LogP contribution < -0.4 is 67.9 Å². The van der Waals surface area contributed by atoms with Gasteiger partial charge >= 0.3 is 11.4 Å². The second-order valence-electron chi connectivity index (χ2n) is 18.0. The number of nitro benzene ring substituents is 4. The second-order valence-corrected chi connectivity index (χ2v) is 18.0. The maximum Gasteiger partial charge on any atom is 0.347 e. The number of rotatable bonds is 12. The summed E-state index contributed by atoms with van der Waals surface area (Å²) in [7, 11) is 0. The van der Waals surface area contributed by atoms with E-state index in [0.29, 0.717) is 0 Å². The fourth-order valence-corrected chi connectivity index (χ4v) is 8.50. The molecule has 0 saturated carbocycles. The van der Waals surface area contributed by atoms with Crippen LogP contribution in [0.25, 0.3) is 67.3 Å². The van der Waals surface area contributed by atoms with Gasteiger partial charge in [-0.2, -0.15) is 18.3 Å². The molecule has 8 heterocycles. The molecule has 440 valence electrons. The van der Waals surface area contributed by atoms with Gasteiger partial charge in [-0.15, -0.1) is 0 Å². The van der Waals surface area contributed by atoms with E-state index in [4.69, 9.17) is 0 Å². The number of para-hydroxylation sites is 2. The van der Waals surface area contributed by atoms with Crippen molar-refractivity contribution in [3.05, 3.63) is 334 Å². The van der Waals surface area contributed by atoms with Gasteiger partial charge in [-0.25, -0.2) is 0 Å². The lowest BCUT2D eigenvalue weighted by Crippen LogP contribution is -3.00. The summed E-state index contributed by atoms with van der Waals surface area (Å²) >= 11 is 0. The van der Waals surface area contributed by atoms with E-state index >= 15 is 0 Å². The monoisotopic (exact) mass is 1250 g/mol. The smallest absolute Gasteiger partial charge is 0.347 e. The first-order valence-corrected chi connectivity index (χ1v) is 25.6. The van der Waals surface area contributed by atoms with Crippen LogP contribution in [0.1, 0.15) is 0 Å². The highest BCUT2D eigenvalue weighted by Crippen LogP contribution is 2.27. The molecule has 8 aromatic heterocycles. The van der Waals surface area contributed by atoms with E-state index in [1.54, 1.807) is 83.0 Å². The van der Waals surface area contributed by atoms with E-state index in [1.165, 1.54) is 57.9 Å². The van der Waals surface area contributed by atoms with Crippen LogP contribution in [0.15, 0.2) is 293 Å². The largest absolute Gasteiger partial charge is 1.00 e. The molecule has 88 heavy (non-hydrogen) atoms. The Bertz CT molecular complexity index is 3780. The molecule has 4 aromatic carbocycles. The topological polar surface area (TPSA) is 240 Å². The second kappa shape index (κ2) is 33.4. The highest BCUT2D eigenvalue weighted by Gasteiger charge is 2.27. The van der Waals surface area contributed by atoms with E-state index in [2.05, 4.69) is 102 Å². The summed E-state index contributed by atoms with van der Waals surface area (Å²) in [4.78, 5) is 57.4. The molecule has 0 atom stereocenters. The quantitative estimate of drug-likeness (QED) is 0.0875. The number of nitrogens with zero attached hydrogens (tertiary/aromatic N) is 12. The van der Waals surface area contributed by atoms with E-state index in [0.717, 1.165) is 34.4 Å². The number of pyridine rings is 8. The molecule has 0 spiro atoms. The van der Waals surface area contributed by atoms with Gasteiger partial charge in [-0.3, -0.25) is 60.4 Å². The lowest BCUT2D eigenvalue weighted by molar-refractivity contribution is -0.601. The molecule has 0 bridgehead atoms. The van der Waals surface area contributed by atoms with Crippen molar-refractivity contribution in [3.8, 4) is 67.3 Å². The molecule has 0 aliphatic heterocycles. The van der Waals surface area contributed by atoms with Crippen molar-refractivity contribution in [3.63, 3.8) is 0 Å². The highest BCUT2D eigenvalue weighted by molar-refractivity contribution is 5.64. The highest BCUT2D eigenvalue weighted by atomic mass is 35.5. The fourth-order valence-electron chi connectivity index (χ4n) is 8.50. The van der Waals surface area contributed by atoms with E-state index in [1.807, 2.05) is 110 Å². The lowest BCUT2D eigenvalue weighted by Gasteiger charge is -2.01. The lowest BCUT2D eigenvalue weighted by atomic mass is 10.1. The standard InChI is InChI=1S/2C16H11N4O4.2C16H13N2.4ClH/c2*21-19(22)14-1-2-15(16(11-14)20(23)24)18-9-5-13(6-10-18)12-3-7-17-8-4-12;2*1-2-4-16(5-3-1)18-12-8-15(9-13-18)14-6-10-17-11-7-14;;;;/h2*1-11H;2*1-13H;4*1H/q4*+1;;;;/p-4. The third kappa shape index (κ3) is 17.9. The van der Waals surface area contributed by atoms with Crippen LogP contribution in [0.5, 0.6) is 0 Å². The normalized spacial score (nSPS) is 9.82. The predicted molar refractivity (Wildman–Crippen MR) is 311 cm³/mol. The number of hydrogen-bond acceptors (Lipinski definition) is 12. The van der Waals surface area contributed by atoms with Gasteiger partial charge < -0.3 is 49.6 Å². The summed E-state index contributed by atoms with van der Waals surface area (Å²) in [6.07, 6.45) is 28.9. The summed E-state index contributed by atoms with van der Waals surface area (Å²) in [6, 6.07) is 58.9. The van der Waals surface area contributed by atoms with Gasteiger partial charge in [0.05, 0.1) is 19.7 Å². The summed E-state index contributed by atoms with van der Waals surface area (Å²) in [5, 5.41) is 44.0. The Morgan fingerprint density at radius 1 is 0.261 bits per heavy atom. The van der Waals surface area contributed by atoms with Crippen LogP contribution in [0.3, 0.4) is 0 Å². The maximum atomic E-state index is 11.2.